The molecule has 0 radical (unpaired) electrons. The molecule has 0 saturated heterocycles. The van der Waals surface area contributed by atoms with Crippen molar-refractivity contribution in [3.8, 4) is 0 Å². The third kappa shape index (κ3) is 3.96. The van der Waals surface area contributed by atoms with Gasteiger partial charge in [-0.05, 0) is 18.2 Å². The molecule has 1 aromatic rings. The quantitative estimate of drug-likeness (QED) is 0.459. The molecule has 16 heavy (non-hydrogen) atoms. The Morgan fingerprint density at radius 1 is 1.31 bits per heavy atom. The van der Waals surface area contributed by atoms with Crippen LogP contribution in [0, 0.1) is 0 Å². The molecular formula is C12H13NO3. The van der Waals surface area contributed by atoms with E-state index in [1.807, 2.05) is 6.07 Å². The Balaban J connectivity index is 2.26. The SMILES string of the molecule is C=CC(=O)NCCOC(=O)c1ccccc1. The van der Waals surface area contributed by atoms with E-state index in [-0.39, 0.29) is 19.1 Å². The first-order chi connectivity index (χ1) is 7.74. The molecule has 0 aliphatic heterocycles. The van der Waals surface area contributed by atoms with Crippen molar-refractivity contribution in [2.45, 2.75) is 0 Å². The largest absolute Gasteiger partial charge is 0.460 e. The number of hydrogen-bond donors (Lipinski definition) is 1. The number of rotatable bonds is 5. The second-order valence-corrected chi connectivity index (χ2v) is 3.00. The summed E-state index contributed by atoms with van der Waals surface area (Å²) in [4.78, 5) is 22.2. The Morgan fingerprint density at radius 3 is 2.62 bits per heavy atom. The van der Waals surface area contributed by atoms with Gasteiger partial charge in [0.05, 0.1) is 12.1 Å². The van der Waals surface area contributed by atoms with Crippen LogP contribution in [0.25, 0.3) is 0 Å². The van der Waals surface area contributed by atoms with Gasteiger partial charge in [-0.3, -0.25) is 4.79 Å². The second-order valence-electron chi connectivity index (χ2n) is 3.00. The Hall–Kier alpha value is -2.10. The summed E-state index contributed by atoms with van der Waals surface area (Å²) in [6, 6.07) is 8.68. The first-order valence-electron chi connectivity index (χ1n) is 4.86. The topological polar surface area (TPSA) is 55.4 Å². The van der Waals surface area contributed by atoms with E-state index in [4.69, 9.17) is 4.74 Å². The number of benzene rings is 1. The summed E-state index contributed by atoms with van der Waals surface area (Å²) in [6.07, 6.45) is 1.17. The van der Waals surface area contributed by atoms with Crippen molar-refractivity contribution < 1.29 is 14.3 Å². The molecule has 0 saturated carbocycles. The van der Waals surface area contributed by atoms with E-state index in [9.17, 15) is 9.59 Å². The Labute approximate surface area is 93.9 Å². The average Bonchev–Trinajstić information content (AvgIpc) is 2.35. The molecule has 0 spiro atoms. The van der Waals surface area contributed by atoms with Crippen molar-refractivity contribution in [1.29, 1.82) is 0 Å². The number of nitrogens with one attached hydrogen (secondary N) is 1. The Kier molecular flexibility index (Phi) is 4.79. The molecule has 0 heterocycles. The first kappa shape index (κ1) is 12.0. The normalized spacial score (nSPS) is 9.25. The fourth-order valence-electron chi connectivity index (χ4n) is 1.05. The predicted octanol–water partition coefficient (Wildman–Crippen LogP) is 1.15. The number of carbonyl (C=O) groups excluding carboxylic acids is 2. The molecule has 1 rings (SSSR count). The van der Waals surface area contributed by atoms with Gasteiger partial charge < -0.3 is 10.1 Å². The maximum Gasteiger partial charge on any atom is 0.338 e. The van der Waals surface area contributed by atoms with Crippen LogP contribution in [0.15, 0.2) is 43.0 Å². The van der Waals surface area contributed by atoms with E-state index in [2.05, 4.69) is 11.9 Å². The summed E-state index contributed by atoms with van der Waals surface area (Å²) in [6.45, 7) is 3.73. The van der Waals surface area contributed by atoms with Crippen molar-refractivity contribution in [3.63, 3.8) is 0 Å². The van der Waals surface area contributed by atoms with Crippen molar-refractivity contribution >= 4 is 11.9 Å². The molecule has 0 unspecified atom stereocenters. The van der Waals surface area contributed by atoms with E-state index in [0.29, 0.717) is 5.56 Å². The van der Waals surface area contributed by atoms with Gasteiger partial charge in [-0.15, -0.1) is 0 Å². The third-order valence-electron chi connectivity index (χ3n) is 1.83. The second kappa shape index (κ2) is 6.40. The summed E-state index contributed by atoms with van der Waals surface area (Å²) in [7, 11) is 0. The molecule has 0 bridgehead atoms. The van der Waals surface area contributed by atoms with Gasteiger partial charge in [-0.25, -0.2) is 4.79 Å². The Morgan fingerprint density at radius 2 is 2.00 bits per heavy atom. The highest BCUT2D eigenvalue weighted by atomic mass is 16.5. The van der Waals surface area contributed by atoms with E-state index in [1.54, 1.807) is 24.3 Å². The fraction of sp³-hybridized carbons (Fsp3) is 0.167. The highest BCUT2D eigenvalue weighted by Crippen LogP contribution is 2.00. The lowest BCUT2D eigenvalue weighted by Gasteiger charge is -2.04. The molecule has 0 fully saturated rings. The fourth-order valence-corrected chi connectivity index (χ4v) is 1.05. The number of ether oxygens (including phenoxy) is 1. The minimum atomic E-state index is -0.395. The van der Waals surface area contributed by atoms with Gasteiger partial charge in [-0.2, -0.15) is 0 Å². The molecule has 4 nitrogen and oxygen atoms in total. The van der Waals surface area contributed by atoms with Gasteiger partial charge in [0.15, 0.2) is 0 Å². The lowest BCUT2D eigenvalue weighted by molar-refractivity contribution is -0.116. The summed E-state index contributed by atoms with van der Waals surface area (Å²) < 4.78 is 4.94. The molecule has 0 aromatic heterocycles. The zero-order valence-electron chi connectivity index (χ0n) is 8.81. The first-order valence-corrected chi connectivity index (χ1v) is 4.86. The number of esters is 1. The molecule has 0 aliphatic carbocycles. The standard InChI is InChI=1S/C12H13NO3/c1-2-11(14)13-8-9-16-12(15)10-6-4-3-5-7-10/h2-7H,1,8-9H2,(H,13,14). The summed E-state index contributed by atoms with van der Waals surface area (Å²) in [5, 5.41) is 2.50. The van der Waals surface area contributed by atoms with Gasteiger partial charge in [0.2, 0.25) is 5.91 Å². The van der Waals surface area contributed by atoms with Crippen LogP contribution in [-0.4, -0.2) is 25.0 Å². The molecule has 84 valence electrons. The van der Waals surface area contributed by atoms with Crippen LogP contribution < -0.4 is 5.32 Å². The van der Waals surface area contributed by atoms with Crippen molar-refractivity contribution in [1.82, 2.24) is 5.32 Å². The van der Waals surface area contributed by atoms with E-state index in [0.717, 1.165) is 0 Å². The molecule has 4 heteroatoms. The maximum absolute atomic E-state index is 11.4. The van der Waals surface area contributed by atoms with Crippen LogP contribution in [0.4, 0.5) is 0 Å². The molecular weight excluding hydrogens is 206 g/mol. The van der Waals surface area contributed by atoms with Gasteiger partial charge in [0, 0.05) is 0 Å². The number of amides is 1. The van der Waals surface area contributed by atoms with Gasteiger partial charge in [-0.1, -0.05) is 24.8 Å². The van der Waals surface area contributed by atoms with Gasteiger partial charge in [0.1, 0.15) is 6.61 Å². The summed E-state index contributed by atoms with van der Waals surface area (Å²) in [5.41, 5.74) is 0.498. The smallest absolute Gasteiger partial charge is 0.338 e. The molecule has 1 N–H and O–H groups in total. The molecule has 0 aliphatic rings. The van der Waals surface area contributed by atoms with Crippen LogP contribution in [0.1, 0.15) is 10.4 Å². The zero-order chi connectivity index (χ0) is 11.8. The van der Waals surface area contributed by atoms with Crippen LogP contribution in [0.5, 0.6) is 0 Å². The average molecular weight is 219 g/mol. The van der Waals surface area contributed by atoms with Crippen molar-refractivity contribution in [3.05, 3.63) is 48.6 Å². The van der Waals surface area contributed by atoms with E-state index < -0.39 is 5.97 Å². The summed E-state index contributed by atoms with van der Waals surface area (Å²) in [5.74, 6) is -0.677. The van der Waals surface area contributed by atoms with E-state index in [1.165, 1.54) is 6.08 Å². The van der Waals surface area contributed by atoms with Crippen LogP contribution in [0.2, 0.25) is 0 Å². The lowest BCUT2D eigenvalue weighted by Crippen LogP contribution is -2.26. The van der Waals surface area contributed by atoms with Crippen LogP contribution >= 0.6 is 0 Å². The number of hydrogen-bond acceptors (Lipinski definition) is 3. The molecule has 1 amide bonds. The maximum atomic E-state index is 11.4. The third-order valence-corrected chi connectivity index (χ3v) is 1.83. The van der Waals surface area contributed by atoms with Crippen LogP contribution in [0.3, 0.4) is 0 Å². The van der Waals surface area contributed by atoms with Gasteiger partial charge >= 0.3 is 5.97 Å². The minimum Gasteiger partial charge on any atom is -0.460 e. The zero-order valence-corrected chi connectivity index (χ0v) is 8.81. The highest BCUT2D eigenvalue weighted by molar-refractivity contribution is 5.89. The summed E-state index contributed by atoms with van der Waals surface area (Å²) >= 11 is 0. The highest BCUT2D eigenvalue weighted by Gasteiger charge is 2.04. The van der Waals surface area contributed by atoms with E-state index >= 15 is 0 Å². The number of carbonyl (C=O) groups is 2. The Bertz CT molecular complexity index is 373. The molecule has 0 atom stereocenters. The predicted molar refractivity (Wildman–Crippen MR) is 59.9 cm³/mol. The monoisotopic (exact) mass is 219 g/mol. The van der Waals surface area contributed by atoms with Crippen molar-refractivity contribution in [2.24, 2.45) is 0 Å². The molecule has 1 aromatic carbocycles. The van der Waals surface area contributed by atoms with Gasteiger partial charge in [0.25, 0.3) is 0 Å². The van der Waals surface area contributed by atoms with Crippen LogP contribution in [-0.2, 0) is 9.53 Å². The lowest BCUT2D eigenvalue weighted by atomic mass is 10.2. The van der Waals surface area contributed by atoms with Crippen molar-refractivity contribution in [2.75, 3.05) is 13.2 Å². The minimum absolute atomic E-state index is 0.146.